The van der Waals surface area contributed by atoms with E-state index in [2.05, 4.69) is 12.6 Å². The van der Waals surface area contributed by atoms with Crippen LogP contribution in [0.1, 0.15) is 30.8 Å². The SMILES string of the molecule is C=CCc1ccc2oc([C@@H](O)CC)cc2c1. The lowest BCUT2D eigenvalue weighted by atomic mass is 10.1. The van der Waals surface area contributed by atoms with E-state index in [4.69, 9.17) is 4.42 Å². The Morgan fingerprint density at radius 2 is 2.25 bits per heavy atom. The number of aliphatic hydroxyl groups excluding tert-OH is 1. The Morgan fingerprint density at radius 1 is 1.44 bits per heavy atom. The van der Waals surface area contributed by atoms with Crippen LogP contribution in [-0.4, -0.2) is 5.11 Å². The molecule has 84 valence electrons. The van der Waals surface area contributed by atoms with Gasteiger partial charge in [-0.2, -0.15) is 0 Å². The minimum absolute atomic E-state index is 0.504. The second kappa shape index (κ2) is 4.54. The van der Waals surface area contributed by atoms with Gasteiger partial charge in [-0.1, -0.05) is 19.1 Å². The van der Waals surface area contributed by atoms with Gasteiger partial charge < -0.3 is 9.52 Å². The molecule has 0 aliphatic rings. The molecule has 0 bridgehead atoms. The molecule has 2 nitrogen and oxygen atoms in total. The Labute approximate surface area is 95.2 Å². The summed E-state index contributed by atoms with van der Waals surface area (Å²) in [6.45, 7) is 5.65. The molecule has 2 rings (SSSR count). The number of rotatable bonds is 4. The lowest BCUT2D eigenvalue weighted by Crippen LogP contribution is -1.90. The minimum atomic E-state index is -0.504. The van der Waals surface area contributed by atoms with Crippen LogP contribution in [0.4, 0.5) is 0 Å². The van der Waals surface area contributed by atoms with Crippen molar-refractivity contribution in [3.8, 4) is 0 Å². The fourth-order valence-corrected chi connectivity index (χ4v) is 1.77. The molecule has 0 saturated heterocycles. The van der Waals surface area contributed by atoms with Crippen molar-refractivity contribution in [2.75, 3.05) is 0 Å². The van der Waals surface area contributed by atoms with Gasteiger partial charge in [0.1, 0.15) is 17.4 Å². The normalized spacial score (nSPS) is 12.9. The van der Waals surface area contributed by atoms with Crippen LogP contribution in [0.2, 0.25) is 0 Å². The second-order valence-corrected chi connectivity index (χ2v) is 3.94. The fourth-order valence-electron chi connectivity index (χ4n) is 1.77. The molecule has 0 aliphatic heterocycles. The highest BCUT2D eigenvalue weighted by molar-refractivity contribution is 5.78. The van der Waals surface area contributed by atoms with Gasteiger partial charge in [-0.15, -0.1) is 6.58 Å². The first kappa shape index (κ1) is 11.0. The van der Waals surface area contributed by atoms with Crippen molar-refractivity contribution in [3.63, 3.8) is 0 Å². The largest absolute Gasteiger partial charge is 0.458 e. The summed E-state index contributed by atoms with van der Waals surface area (Å²) in [4.78, 5) is 0. The molecule has 2 aromatic rings. The number of furan rings is 1. The lowest BCUT2D eigenvalue weighted by molar-refractivity contribution is 0.148. The van der Waals surface area contributed by atoms with E-state index >= 15 is 0 Å². The monoisotopic (exact) mass is 216 g/mol. The van der Waals surface area contributed by atoms with Crippen molar-refractivity contribution in [1.82, 2.24) is 0 Å². The number of hydrogen-bond donors (Lipinski definition) is 1. The van der Waals surface area contributed by atoms with E-state index in [0.29, 0.717) is 12.2 Å². The first-order chi connectivity index (χ1) is 7.74. The van der Waals surface area contributed by atoms with Gasteiger partial charge in [-0.25, -0.2) is 0 Å². The highest BCUT2D eigenvalue weighted by Crippen LogP contribution is 2.26. The van der Waals surface area contributed by atoms with Gasteiger partial charge in [-0.05, 0) is 36.6 Å². The Kier molecular flexibility index (Phi) is 3.11. The average Bonchev–Trinajstić information content (AvgIpc) is 2.71. The molecule has 0 amide bonds. The molecule has 0 radical (unpaired) electrons. The zero-order valence-corrected chi connectivity index (χ0v) is 9.44. The number of benzene rings is 1. The van der Waals surface area contributed by atoms with Crippen molar-refractivity contribution >= 4 is 11.0 Å². The molecule has 16 heavy (non-hydrogen) atoms. The van der Waals surface area contributed by atoms with E-state index in [0.717, 1.165) is 17.4 Å². The third kappa shape index (κ3) is 2.02. The molecular formula is C14H16O2. The van der Waals surface area contributed by atoms with Crippen LogP contribution in [0.25, 0.3) is 11.0 Å². The Morgan fingerprint density at radius 3 is 2.94 bits per heavy atom. The summed E-state index contributed by atoms with van der Waals surface area (Å²) in [6.07, 6.45) is 2.89. The third-order valence-electron chi connectivity index (χ3n) is 2.69. The molecule has 1 heterocycles. The Bertz CT molecular complexity index is 496. The summed E-state index contributed by atoms with van der Waals surface area (Å²) in [5.74, 6) is 0.647. The summed E-state index contributed by atoms with van der Waals surface area (Å²) in [6, 6.07) is 7.96. The molecule has 1 aromatic heterocycles. The molecule has 1 atom stereocenters. The van der Waals surface area contributed by atoms with Crippen LogP contribution in [0.15, 0.2) is 41.3 Å². The van der Waals surface area contributed by atoms with Crippen molar-refractivity contribution in [3.05, 3.63) is 48.2 Å². The Hall–Kier alpha value is -1.54. The smallest absolute Gasteiger partial charge is 0.134 e. The van der Waals surface area contributed by atoms with Crippen LogP contribution in [-0.2, 0) is 6.42 Å². The first-order valence-corrected chi connectivity index (χ1v) is 5.56. The number of fused-ring (bicyclic) bond motifs is 1. The molecule has 1 N–H and O–H groups in total. The maximum absolute atomic E-state index is 9.69. The van der Waals surface area contributed by atoms with Crippen molar-refractivity contribution < 1.29 is 9.52 Å². The quantitative estimate of drug-likeness (QED) is 0.792. The number of hydrogen-bond acceptors (Lipinski definition) is 2. The van der Waals surface area contributed by atoms with Crippen LogP contribution in [0.3, 0.4) is 0 Å². The first-order valence-electron chi connectivity index (χ1n) is 5.56. The molecule has 0 unspecified atom stereocenters. The predicted octanol–water partition coefficient (Wildman–Crippen LogP) is 3.60. The zero-order chi connectivity index (χ0) is 11.5. The van der Waals surface area contributed by atoms with Crippen molar-refractivity contribution in [1.29, 1.82) is 0 Å². The molecule has 0 saturated carbocycles. The van der Waals surface area contributed by atoms with Crippen LogP contribution < -0.4 is 0 Å². The van der Waals surface area contributed by atoms with Crippen LogP contribution in [0, 0.1) is 0 Å². The van der Waals surface area contributed by atoms with Gasteiger partial charge in [0.15, 0.2) is 0 Å². The zero-order valence-electron chi connectivity index (χ0n) is 9.44. The van der Waals surface area contributed by atoms with E-state index < -0.39 is 6.10 Å². The fraction of sp³-hybridized carbons (Fsp3) is 0.286. The summed E-state index contributed by atoms with van der Waals surface area (Å²) in [5.41, 5.74) is 2.04. The molecular weight excluding hydrogens is 200 g/mol. The second-order valence-electron chi connectivity index (χ2n) is 3.94. The highest BCUT2D eigenvalue weighted by Gasteiger charge is 2.11. The maximum Gasteiger partial charge on any atom is 0.134 e. The van der Waals surface area contributed by atoms with Gasteiger partial charge in [0.2, 0.25) is 0 Å². The Balaban J connectivity index is 2.41. The van der Waals surface area contributed by atoms with E-state index in [1.54, 1.807) is 0 Å². The van der Waals surface area contributed by atoms with Crippen LogP contribution in [0.5, 0.6) is 0 Å². The van der Waals surface area contributed by atoms with Gasteiger partial charge in [0.25, 0.3) is 0 Å². The molecule has 0 spiro atoms. The van der Waals surface area contributed by atoms with E-state index in [1.165, 1.54) is 5.56 Å². The summed E-state index contributed by atoms with van der Waals surface area (Å²) >= 11 is 0. The maximum atomic E-state index is 9.69. The topological polar surface area (TPSA) is 33.4 Å². The molecule has 1 aromatic carbocycles. The van der Waals surface area contributed by atoms with Crippen molar-refractivity contribution in [2.45, 2.75) is 25.9 Å². The van der Waals surface area contributed by atoms with Gasteiger partial charge in [0, 0.05) is 5.39 Å². The van der Waals surface area contributed by atoms with Crippen LogP contribution >= 0.6 is 0 Å². The van der Waals surface area contributed by atoms with Gasteiger partial charge in [-0.3, -0.25) is 0 Å². The highest BCUT2D eigenvalue weighted by atomic mass is 16.4. The van der Waals surface area contributed by atoms with E-state index in [9.17, 15) is 5.11 Å². The minimum Gasteiger partial charge on any atom is -0.458 e. The molecule has 2 heteroatoms. The third-order valence-corrected chi connectivity index (χ3v) is 2.69. The van der Waals surface area contributed by atoms with Gasteiger partial charge >= 0.3 is 0 Å². The lowest BCUT2D eigenvalue weighted by Gasteiger charge is -2.00. The summed E-state index contributed by atoms with van der Waals surface area (Å²) < 4.78 is 5.58. The summed E-state index contributed by atoms with van der Waals surface area (Å²) in [7, 11) is 0. The standard InChI is InChI=1S/C14H16O2/c1-3-5-10-6-7-13-11(8-10)9-14(16-13)12(15)4-2/h3,6-9,12,15H,1,4-5H2,2H3/t12-/m0/s1. The van der Waals surface area contributed by atoms with E-state index in [1.807, 2.05) is 31.2 Å². The predicted molar refractivity (Wildman–Crippen MR) is 65.4 cm³/mol. The number of allylic oxidation sites excluding steroid dienone is 1. The van der Waals surface area contributed by atoms with Gasteiger partial charge in [0.05, 0.1) is 0 Å². The summed E-state index contributed by atoms with van der Waals surface area (Å²) in [5, 5.41) is 10.7. The molecule has 0 fully saturated rings. The van der Waals surface area contributed by atoms with E-state index in [-0.39, 0.29) is 0 Å². The van der Waals surface area contributed by atoms with Crippen molar-refractivity contribution in [2.24, 2.45) is 0 Å². The number of aliphatic hydroxyl groups is 1. The molecule has 0 aliphatic carbocycles. The average molecular weight is 216 g/mol.